The monoisotopic (exact) mass is 201 g/mol. The summed E-state index contributed by atoms with van der Waals surface area (Å²) in [5, 5.41) is 2.81. The van der Waals surface area contributed by atoms with Gasteiger partial charge in [0.15, 0.2) is 0 Å². The number of carbonyl (C=O) groups is 1. The molecule has 0 unspecified atom stereocenters. The Morgan fingerprint density at radius 1 is 1.33 bits per heavy atom. The first-order valence-electron chi connectivity index (χ1n) is 4.66. The summed E-state index contributed by atoms with van der Waals surface area (Å²) in [6.07, 6.45) is 6.80. The number of aromatic amines is 1. The van der Waals surface area contributed by atoms with Crippen LogP contribution in [0.2, 0.25) is 0 Å². The van der Waals surface area contributed by atoms with Crippen LogP contribution in [0.4, 0.5) is 0 Å². The van der Waals surface area contributed by atoms with Gasteiger partial charge in [0.1, 0.15) is 0 Å². The van der Waals surface area contributed by atoms with Gasteiger partial charge in [0.2, 0.25) is 0 Å². The number of pyridine rings is 1. The molecule has 0 saturated carbocycles. The van der Waals surface area contributed by atoms with Crippen molar-refractivity contribution in [3.05, 3.63) is 54.1 Å². The summed E-state index contributed by atoms with van der Waals surface area (Å²) in [5.41, 5.74) is 1.68. The van der Waals surface area contributed by atoms with E-state index < -0.39 is 0 Å². The van der Waals surface area contributed by atoms with Gasteiger partial charge in [-0.05, 0) is 23.8 Å². The molecule has 2 heterocycles. The van der Waals surface area contributed by atoms with Gasteiger partial charge in [-0.3, -0.25) is 9.78 Å². The molecule has 0 fully saturated rings. The number of nitrogens with one attached hydrogen (secondary N) is 2. The summed E-state index contributed by atoms with van der Waals surface area (Å²) in [4.78, 5) is 18.3. The smallest absolute Gasteiger partial charge is 0.253 e. The molecule has 15 heavy (non-hydrogen) atoms. The number of H-pyrrole nitrogens is 1. The summed E-state index contributed by atoms with van der Waals surface area (Å²) in [7, 11) is 0. The Morgan fingerprint density at radius 2 is 2.13 bits per heavy atom. The molecule has 0 aliphatic carbocycles. The third kappa shape index (κ3) is 2.43. The van der Waals surface area contributed by atoms with Crippen LogP contribution in [0.1, 0.15) is 15.9 Å². The van der Waals surface area contributed by atoms with Gasteiger partial charge in [0.25, 0.3) is 5.91 Å². The molecule has 0 bridgehead atoms. The maximum Gasteiger partial charge on any atom is 0.253 e. The van der Waals surface area contributed by atoms with E-state index >= 15 is 0 Å². The minimum atomic E-state index is -0.0759. The fourth-order valence-electron chi connectivity index (χ4n) is 1.25. The highest BCUT2D eigenvalue weighted by molar-refractivity contribution is 5.93. The van der Waals surface area contributed by atoms with E-state index in [1.165, 1.54) is 0 Å². The van der Waals surface area contributed by atoms with Gasteiger partial charge in [0, 0.05) is 31.3 Å². The quantitative estimate of drug-likeness (QED) is 0.787. The first-order valence-corrected chi connectivity index (χ1v) is 4.66. The lowest BCUT2D eigenvalue weighted by Gasteiger charge is -2.02. The maximum atomic E-state index is 11.5. The molecule has 76 valence electrons. The van der Waals surface area contributed by atoms with Crippen molar-refractivity contribution in [2.45, 2.75) is 6.54 Å². The third-order valence-electron chi connectivity index (χ3n) is 2.06. The molecular weight excluding hydrogens is 190 g/mol. The van der Waals surface area contributed by atoms with E-state index in [4.69, 9.17) is 0 Å². The highest BCUT2D eigenvalue weighted by Crippen LogP contribution is 1.99. The SMILES string of the molecule is O=C(NCc1ccncc1)c1cc[nH]c1. The molecule has 0 aromatic carbocycles. The van der Waals surface area contributed by atoms with Gasteiger partial charge < -0.3 is 10.3 Å². The molecule has 0 radical (unpaired) electrons. The Kier molecular flexibility index (Phi) is 2.78. The standard InChI is InChI=1S/C11H11N3O/c15-11(10-3-6-13-8-10)14-7-9-1-4-12-5-2-9/h1-6,8,13H,7H2,(H,14,15). The second kappa shape index (κ2) is 4.41. The van der Waals surface area contributed by atoms with Crippen molar-refractivity contribution >= 4 is 5.91 Å². The largest absolute Gasteiger partial charge is 0.367 e. The highest BCUT2D eigenvalue weighted by Gasteiger charge is 2.04. The number of carbonyl (C=O) groups excluding carboxylic acids is 1. The fraction of sp³-hybridized carbons (Fsp3) is 0.0909. The van der Waals surface area contributed by atoms with Gasteiger partial charge >= 0.3 is 0 Å². The van der Waals surface area contributed by atoms with Crippen molar-refractivity contribution in [2.75, 3.05) is 0 Å². The summed E-state index contributed by atoms with van der Waals surface area (Å²) >= 11 is 0. The van der Waals surface area contributed by atoms with E-state index in [0.717, 1.165) is 5.56 Å². The lowest BCUT2D eigenvalue weighted by Crippen LogP contribution is -2.22. The molecule has 0 aliphatic rings. The molecule has 0 atom stereocenters. The van der Waals surface area contributed by atoms with Crippen LogP contribution in [0.3, 0.4) is 0 Å². The van der Waals surface area contributed by atoms with Crippen molar-refractivity contribution in [2.24, 2.45) is 0 Å². The maximum absolute atomic E-state index is 11.5. The molecule has 1 amide bonds. The van der Waals surface area contributed by atoms with Crippen LogP contribution in [-0.2, 0) is 6.54 Å². The van der Waals surface area contributed by atoms with Gasteiger partial charge in [0.05, 0.1) is 5.56 Å². The van der Waals surface area contributed by atoms with Crippen LogP contribution in [0.15, 0.2) is 43.0 Å². The Bertz CT molecular complexity index is 422. The number of hydrogen-bond acceptors (Lipinski definition) is 2. The van der Waals surface area contributed by atoms with Crippen LogP contribution >= 0.6 is 0 Å². The molecule has 0 spiro atoms. The average Bonchev–Trinajstić information content (AvgIpc) is 2.81. The van der Waals surface area contributed by atoms with E-state index in [2.05, 4.69) is 15.3 Å². The van der Waals surface area contributed by atoms with E-state index in [-0.39, 0.29) is 5.91 Å². The number of amides is 1. The van der Waals surface area contributed by atoms with E-state index in [1.807, 2.05) is 12.1 Å². The molecule has 0 saturated heterocycles. The van der Waals surface area contributed by atoms with Gasteiger partial charge in [-0.15, -0.1) is 0 Å². The van der Waals surface area contributed by atoms with Gasteiger partial charge in [-0.25, -0.2) is 0 Å². The molecule has 4 heteroatoms. The first kappa shape index (κ1) is 9.45. The molecular formula is C11H11N3O. The molecule has 0 aliphatic heterocycles. The normalized spacial score (nSPS) is 9.87. The number of rotatable bonds is 3. The second-order valence-electron chi connectivity index (χ2n) is 3.14. The molecule has 4 nitrogen and oxygen atoms in total. The number of aromatic nitrogens is 2. The zero-order valence-corrected chi connectivity index (χ0v) is 8.10. The van der Waals surface area contributed by atoms with Gasteiger partial charge in [-0.1, -0.05) is 0 Å². The van der Waals surface area contributed by atoms with E-state index in [0.29, 0.717) is 12.1 Å². The van der Waals surface area contributed by atoms with Crippen molar-refractivity contribution < 1.29 is 4.79 Å². The van der Waals surface area contributed by atoms with E-state index in [1.54, 1.807) is 30.9 Å². The number of nitrogens with zero attached hydrogens (tertiary/aromatic N) is 1. The first-order chi connectivity index (χ1) is 7.36. The highest BCUT2D eigenvalue weighted by atomic mass is 16.1. The van der Waals surface area contributed by atoms with Crippen LogP contribution < -0.4 is 5.32 Å². The predicted octanol–water partition coefficient (Wildman–Crippen LogP) is 1.34. The van der Waals surface area contributed by atoms with Crippen molar-refractivity contribution in [3.63, 3.8) is 0 Å². The van der Waals surface area contributed by atoms with Crippen molar-refractivity contribution in [1.29, 1.82) is 0 Å². The predicted molar refractivity (Wildman–Crippen MR) is 56.2 cm³/mol. The summed E-state index contributed by atoms with van der Waals surface area (Å²) in [5.74, 6) is -0.0759. The Labute approximate surface area is 87.4 Å². The molecule has 2 N–H and O–H groups in total. The minimum Gasteiger partial charge on any atom is -0.367 e. The Balaban J connectivity index is 1.92. The third-order valence-corrected chi connectivity index (χ3v) is 2.06. The topological polar surface area (TPSA) is 57.8 Å². The average molecular weight is 201 g/mol. The Morgan fingerprint density at radius 3 is 2.80 bits per heavy atom. The van der Waals surface area contributed by atoms with Crippen molar-refractivity contribution in [1.82, 2.24) is 15.3 Å². The molecule has 2 rings (SSSR count). The zero-order chi connectivity index (χ0) is 10.5. The fourth-order valence-corrected chi connectivity index (χ4v) is 1.25. The van der Waals surface area contributed by atoms with Crippen molar-refractivity contribution in [3.8, 4) is 0 Å². The molecule has 2 aromatic rings. The van der Waals surface area contributed by atoms with Crippen LogP contribution in [-0.4, -0.2) is 15.9 Å². The minimum absolute atomic E-state index is 0.0759. The van der Waals surface area contributed by atoms with Crippen LogP contribution in [0, 0.1) is 0 Å². The summed E-state index contributed by atoms with van der Waals surface area (Å²) in [6.45, 7) is 0.520. The lowest BCUT2D eigenvalue weighted by atomic mass is 10.2. The zero-order valence-electron chi connectivity index (χ0n) is 8.10. The lowest BCUT2D eigenvalue weighted by molar-refractivity contribution is 0.0951. The van der Waals surface area contributed by atoms with Crippen LogP contribution in [0.25, 0.3) is 0 Å². The number of hydrogen-bond donors (Lipinski definition) is 2. The summed E-state index contributed by atoms with van der Waals surface area (Å²) < 4.78 is 0. The summed E-state index contributed by atoms with van der Waals surface area (Å²) in [6, 6.07) is 5.48. The Hall–Kier alpha value is -2.10. The second-order valence-corrected chi connectivity index (χ2v) is 3.14. The van der Waals surface area contributed by atoms with E-state index in [9.17, 15) is 4.79 Å². The molecule has 2 aromatic heterocycles. The van der Waals surface area contributed by atoms with Gasteiger partial charge in [-0.2, -0.15) is 0 Å². The van der Waals surface area contributed by atoms with Crippen LogP contribution in [0.5, 0.6) is 0 Å².